The van der Waals surface area contributed by atoms with Gasteiger partial charge in [0.1, 0.15) is 6.33 Å². The van der Waals surface area contributed by atoms with E-state index in [4.69, 9.17) is 0 Å². The lowest BCUT2D eigenvalue weighted by molar-refractivity contribution is 0.443. The fourth-order valence-corrected chi connectivity index (χ4v) is 1.64. The number of piperazine rings is 1. The lowest BCUT2D eigenvalue weighted by Gasteiger charge is -2.32. The van der Waals surface area contributed by atoms with Crippen LogP contribution in [-0.4, -0.2) is 40.9 Å². The molecule has 2 N–H and O–H groups in total. The number of hydrogen-bond acceptors (Lipinski definition) is 4. The smallest absolute Gasteiger partial charge is 0.221 e. The molecule has 1 atom stereocenters. The van der Waals surface area contributed by atoms with Crippen LogP contribution in [0.5, 0.6) is 0 Å². The van der Waals surface area contributed by atoms with E-state index in [-0.39, 0.29) is 0 Å². The average Bonchev–Trinajstić information content (AvgIpc) is 2.71. The maximum Gasteiger partial charge on any atom is 0.221 e. The highest BCUT2D eigenvalue weighted by atomic mass is 15.4. The Balaban J connectivity index is 2.00. The monoisotopic (exact) mass is 181 g/mol. The van der Waals surface area contributed by atoms with Crippen LogP contribution in [0, 0.1) is 0 Å². The number of H-pyrrole nitrogens is 1. The van der Waals surface area contributed by atoms with Gasteiger partial charge >= 0.3 is 0 Å². The molecular weight excluding hydrogens is 166 g/mol. The predicted octanol–water partition coefficient (Wildman–Crippen LogP) is -0.00710. The van der Waals surface area contributed by atoms with E-state index in [0.717, 1.165) is 32.0 Å². The van der Waals surface area contributed by atoms with E-state index in [1.807, 2.05) is 0 Å². The summed E-state index contributed by atoms with van der Waals surface area (Å²) in [4.78, 5) is 6.37. The summed E-state index contributed by atoms with van der Waals surface area (Å²) in [6.07, 6.45) is 2.71. The van der Waals surface area contributed by atoms with Gasteiger partial charge in [0.2, 0.25) is 5.95 Å². The van der Waals surface area contributed by atoms with E-state index in [0.29, 0.717) is 6.04 Å². The summed E-state index contributed by atoms with van der Waals surface area (Å²) in [6, 6.07) is 0.582. The van der Waals surface area contributed by atoms with Crippen molar-refractivity contribution in [2.75, 3.05) is 24.5 Å². The molecule has 1 aromatic heterocycles. The molecule has 2 rings (SSSR count). The second-order valence-corrected chi connectivity index (χ2v) is 3.31. The summed E-state index contributed by atoms with van der Waals surface area (Å²) in [5, 5.41) is 10.2. The number of nitrogens with zero attached hydrogens (tertiary/aromatic N) is 3. The first kappa shape index (κ1) is 8.50. The number of rotatable bonds is 2. The van der Waals surface area contributed by atoms with Gasteiger partial charge in [-0.1, -0.05) is 6.92 Å². The molecule has 1 aliphatic heterocycles. The second kappa shape index (κ2) is 3.74. The van der Waals surface area contributed by atoms with Crippen molar-refractivity contribution in [2.24, 2.45) is 0 Å². The van der Waals surface area contributed by atoms with Crippen molar-refractivity contribution in [3.8, 4) is 0 Å². The molecule has 0 spiro atoms. The molecule has 1 aliphatic rings. The zero-order valence-electron chi connectivity index (χ0n) is 7.82. The zero-order chi connectivity index (χ0) is 9.10. The first-order valence-electron chi connectivity index (χ1n) is 4.74. The molecule has 1 saturated heterocycles. The maximum absolute atomic E-state index is 4.14. The van der Waals surface area contributed by atoms with Gasteiger partial charge in [0, 0.05) is 25.7 Å². The number of aromatic nitrogens is 3. The first-order valence-corrected chi connectivity index (χ1v) is 4.74. The third-order valence-electron chi connectivity index (χ3n) is 2.45. The van der Waals surface area contributed by atoms with Gasteiger partial charge in [0.05, 0.1) is 0 Å². The van der Waals surface area contributed by atoms with E-state index < -0.39 is 0 Å². The van der Waals surface area contributed by atoms with Crippen LogP contribution in [0.3, 0.4) is 0 Å². The number of nitrogens with one attached hydrogen (secondary N) is 2. The van der Waals surface area contributed by atoms with Crippen molar-refractivity contribution in [3.63, 3.8) is 0 Å². The fraction of sp³-hybridized carbons (Fsp3) is 0.750. The van der Waals surface area contributed by atoms with Crippen LogP contribution < -0.4 is 10.2 Å². The van der Waals surface area contributed by atoms with Crippen molar-refractivity contribution < 1.29 is 0 Å². The van der Waals surface area contributed by atoms with Gasteiger partial charge < -0.3 is 10.2 Å². The largest absolute Gasteiger partial charge is 0.338 e. The summed E-state index contributed by atoms with van der Waals surface area (Å²) in [6.45, 7) is 5.25. The van der Waals surface area contributed by atoms with Gasteiger partial charge in [-0.2, -0.15) is 10.1 Å². The quantitative estimate of drug-likeness (QED) is 0.674. The molecule has 0 aromatic carbocycles. The van der Waals surface area contributed by atoms with Crippen LogP contribution in [0.25, 0.3) is 0 Å². The summed E-state index contributed by atoms with van der Waals surface area (Å²) in [7, 11) is 0. The molecule has 13 heavy (non-hydrogen) atoms. The minimum absolute atomic E-state index is 0.582. The van der Waals surface area contributed by atoms with E-state index in [1.54, 1.807) is 6.33 Å². The Morgan fingerprint density at radius 3 is 3.31 bits per heavy atom. The normalized spacial score (nSPS) is 23.5. The molecule has 1 unspecified atom stereocenters. The highest BCUT2D eigenvalue weighted by molar-refractivity contribution is 5.28. The van der Waals surface area contributed by atoms with E-state index in [2.05, 4.69) is 32.3 Å². The van der Waals surface area contributed by atoms with E-state index >= 15 is 0 Å². The van der Waals surface area contributed by atoms with Gasteiger partial charge in [0.15, 0.2) is 0 Å². The lowest BCUT2D eigenvalue weighted by Crippen LogP contribution is -2.50. The predicted molar refractivity (Wildman–Crippen MR) is 50.7 cm³/mol. The Labute approximate surface area is 77.5 Å². The van der Waals surface area contributed by atoms with E-state index in [1.165, 1.54) is 0 Å². The highest BCUT2D eigenvalue weighted by Gasteiger charge is 2.19. The zero-order valence-corrected chi connectivity index (χ0v) is 7.82. The average molecular weight is 181 g/mol. The number of hydrogen-bond donors (Lipinski definition) is 2. The van der Waals surface area contributed by atoms with Gasteiger partial charge in [0.25, 0.3) is 0 Å². The van der Waals surface area contributed by atoms with Crippen LogP contribution in [0.1, 0.15) is 13.3 Å². The molecule has 1 aromatic rings. The van der Waals surface area contributed by atoms with Crippen LogP contribution in [0.4, 0.5) is 5.95 Å². The molecular formula is C8H15N5. The van der Waals surface area contributed by atoms with Crippen molar-refractivity contribution in [1.82, 2.24) is 20.5 Å². The van der Waals surface area contributed by atoms with Crippen LogP contribution in [0.2, 0.25) is 0 Å². The highest BCUT2D eigenvalue weighted by Crippen LogP contribution is 2.09. The Morgan fingerprint density at radius 2 is 2.62 bits per heavy atom. The van der Waals surface area contributed by atoms with Gasteiger partial charge in [-0.25, -0.2) is 5.10 Å². The van der Waals surface area contributed by atoms with Crippen LogP contribution >= 0.6 is 0 Å². The second-order valence-electron chi connectivity index (χ2n) is 3.31. The summed E-state index contributed by atoms with van der Waals surface area (Å²) in [5.41, 5.74) is 0. The summed E-state index contributed by atoms with van der Waals surface area (Å²) >= 11 is 0. The third kappa shape index (κ3) is 1.80. The molecule has 5 heteroatoms. The van der Waals surface area contributed by atoms with E-state index in [9.17, 15) is 0 Å². The molecule has 1 fully saturated rings. The fourth-order valence-electron chi connectivity index (χ4n) is 1.64. The molecule has 2 heterocycles. The number of anilines is 1. The SMILES string of the molecule is CCC1CN(c2ncn[nH]2)CCN1. The minimum atomic E-state index is 0.582. The molecule has 0 aliphatic carbocycles. The molecule has 5 nitrogen and oxygen atoms in total. The van der Waals surface area contributed by atoms with Crippen LogP contribution in [0.15, 0.2) is 6.33 Å². The summed E-state index contributed by atoms with van der Waals surface area (Å²) < 4.78 is 0. The van der Waals surface area contributed by atoms with Crippen molar-refractivity contribution >= 4 is 5.95 Å². The lowest BCUT2D eigenvalue weighted by atomic mass is 10.2. The Hall–Kier alpha value is -1.10. The standard InChI is InChI=1S/C8H15N5/c1-2-7-5-13(4-3-9-7)8-10-6-11-12-8/h6-7,9H,2-5H2,1H3,(H,10,11,12). The number of aromatic amines is 1. The summed E-state index contributed by atoms with van der Waals surface area (Å²) in [5.74, 6) is 0.889. The molecule has 0 saturated carbocycles. The third-order valence-corrected chi connectivity index (χ3v) is 2.45. The Morgan fingerprint density at radius 1 is 1.69 bits per heavy atom. The maximum atomic E-state index is 4.14. The van der Waals surface area contributed by atoms with Crippen molar-refractivity contribution in [3.05, 3.63) is 6.33 Å². The van der Waals surface area contributed by atoms with Gasteiger partial charge in [-0.15, -0.1) is 0 Å². The minimum Gasteiger partial charge on any atom is -0.338 e. The first-order chi connectivity index (χ1) is 6.40. The molecule has 0 radical (unpaired) electrons. The molecule has 0 bridgehead atoms. The van der Waals surface area contributed by atoms with Crippen molar-refractivity contribution in [1.29, 1.82) is 0 Å². The van der Waals surface area contributed by atoms with Crippen molar-refractivity contribution in [2.45, 2.75) is 19.4 Å². The van der Waals surface area contributed by atoms with Gasteiger partial charge in [-0.3, -0.25) is 0 Å². The molecule has 72 valence electrons. The Bertz CT molecular complexity index is 245. The van der Waals surface area contributed by atoms with Gasteiger partial charge in [-0.05, 0) is 6.42 Å². The van der Waals surface area contributed by atoms with Crippen LogP contribution in [-0.2, 0) is 0 Å². The Kier molecular flexibility index (Phi) is 2.44. The molecule has 0 amide bonds. The topological polar surface area (TPSA) is 56.8 Å².